The molecule has 1 aliphatic heterocycles. The molecule has 0 unspecified atom stereocenters. The highest BCUT2D eigenvalue weighted by molar-refractivity contribution is 5.29. The second kappa shape index (κ2) is 3.71. The van der Waals surface area contributed by atoms with E-state index in [2.05, 4.69) is 4.98 Å². The molecule has 0 spiro atoms. The zero-order valence-electron chi connectivity index (χ0n) is 8.45. The molecule has 0 aromatic carbocycles. The van der Waals surface area contributed by atoms with Gasteiger partial charge in [0.2, 0.25) is 0 Å². The molecule has 2 rings (SSSR count). The fourth-order valence-corrected chi connectivity index (χ4v) is 1.66. The number of rotatable bonds is 0. The lowest BCUT2D eigenvalue weighted by Crippen LogP contribution is -2.22. The Kier molecular flexibility index (Phi) is 2.63. The number of hydrogen-bond donors (Lipinski definition) is 1. The van der Waals surface area contributed by atoms with Crippen molar-refractivity contribution in [2.24, 2.45) is 0 Å². The molecular formula is C10H10F3NO2. The third-order valence-corrected chi connectivity index (χ3v) is 2.50. The predicted octanol–water partition coefficient (Wildman–Crippen LogP) is 2.23. The van der Waals surface area contributed by atoms with E-state index in [0.717, 1.165) is 6.07 Å². The molecule has 0 fully saturated rings. The molecule has 2 heterocycles. The third kappa shape index (κ3) is 1.90. The minimum atomic E-state index is -4.48. The van der Waals surface area contributed by atoms with Crippen molar-refractivity contribution < 1.29 is 23.0 Å². The van der Waals surface area contributed by atoms with Gasteiger partial charge in [0.25, 0.3) is 0 Å². The highest BCUT2D eigenvalue weighted by atomic mass is 19.4. The molecular weight excluding hydrogens is 223 g/mol. The monoisotopic (exact) mass is 233 g/mol. The van der Waals surface area contributed by atoms with E-state index in [4.69, 9.17) is 4.74 Å². The van der Waals surface area contributed by atoms with E-state index in [1.807, 2.05) is 0 Å². The van der Waals surface area contributed by atoms with Crippen molar-refractivity contribution in [2.45, 2.75) is 25.3 Å². The second-order valence-corrected chi connectivity index (χ2v) is 3.66. The molecule has 2 atom stereocenters. The standard InChI is InChI=1S/C10H10F3NO2/c1-5-9-6(7(15)4-16-5)2-3-8(14-9)10(11,12)13/h2-3,5,7,15H,4H2,1H3/t5-,7+/m1/s1. The maximum atomic E-state index is 12.4. The van der Waals surface area contributed by atoms with Crippen LogP contribution in [0.4, 0.5) is 13.2 Å². The maximum Gasteiger partial charge on any atom is 0.433 e. The highest BCUT2D eigenvalue weighted by Gasteiger charge is 2.35. The molecule has 1 aromatic heterocycles. The second-order valence-electron chi connectivity index (χ2n) is 3.66. The van der Waals surface area contributed by atoms with Gasteiger partial charge >= 0.3 is 6.18 Å². The smallest absolute Gasteiger partial charge is 0.386 e. The van der Waals surface area contributed by atoms with Crippen LogP contribution < -0.4 is 0 Å². The lowest BCUT2D eigenvalue weighted by molar-refractivity contribution is -0.141. The van der Waals surface area contributed by atoms with Gasteiger partial charge in [0.05, 0.1) is 18.4 Å². The fourth-order valence-electron chi connectivity index (χ4n) is 1.66. The van der Waals surface area contributed by atoms with Crippen LogP contribution in [-0.4, -0.2) is 16.7 Å². The Morgan fingerprint density at radius 2 is 2.12 bits per heavy atom. The van der Waals surface area contributed by atoms with Gasteiger partial charge in [-0.05, 0) is 13.0 Å². The molecule has 0 bridgehead atoms. The van der Waals surface area contributed by atoms with Crippen molar-refractivity contribution in [1.82, 2.24) is 4.98 Å². The number of halogens is 3. The zero-order valence-corrected chi connectivity index (χ0v) is 8.45. The summed E-state index contributed by atoms with van der Waals surface area (Å²) >= 11 is 0. The molecule has 1 aliphatic rings. The number of pyridine rings is 1. The summed E-state index contributed by atoms with van der Waals surface area (Å²) < 4.78 is 42.4. The summed E-state index contributed by atoms with van der Waals surface area (Å²) in [4.78, 5) is 3.51. The lowest BCUT2D eigenvalue weighted by Gasteiger charge is -2.26. The first-order chi connectivity index (χ1) is 7.39. The van der Waals surface area contributed by atoms with E-state index in [-0.39, 0.29) is 12.3 Å². The number of nitrogens with zero attached hydrogens (tertiary/aromatic N) is 1. The summed E-state index contributed by atoms with van der Waals surface area (Å²) in [6, 6.07) is 2.13. The summed E-state index contributed by atoms with van der Waals surface area (Å²) in [5.41, 5.74) is -0.392. The number of aliphatic hydroxyl groups excluding tert-OH is 1. The van der Waals surface area contributed by atoms with Gasteiger partial charge in [-0.3, -0.25) is 0 Å². The molecule has 0 radical (unpaired) electrons. The lowest BCUT2D eigenvalue weighted by atomic mass is 10.0. The maximum absolute atomic E-state index is 12.4. The average Bonchev–Trinajstić information content (AvgIpc) is 2.22. The zero-order chi connectivity index (χ0) is 11.9. The Hall–Kier alpha value is -1.14. The van der Waals surface area contributed by atoms with E-state index in [1.165, 1.54) is 6.07 Å². The van der Waals surface area contributed by atoms with Gasteiger partial charge in [-0.25, -0.2) is 4.98 Å². The normalized spacial score (nSPS) is 25.3. The molecule has 0 saturated carbocycles. The largest absolute Gasteiger partial charge is 0.433 e. The van der Waals surface area contributed by atoms with Crippen LogP contribution in [0.1, 0.15) is 36.1 Å². The van der Waals surface area contributed by atoms with E-state index in [9.17, 15) is 18.3 Å². The van der Waals surface area contributed by atoms with Crippen LogP contribution in [0.3, 0.4) is 0 Å². The van der Waals surface area contributed by atoms with E-state index in [1.54, 1.807) is 6.92 Å². The summed E-state index contributed by atoms with van der Waals surface area (Å²) in [6.45, 7) is 1.69. The molecule has 0 amide bonds. The molecule has 16 heavy (non-hydrogen) atoms. The number of aliphatic hydroxyl groups is 1. The van der Waals surface area contributed by atoms with Crippen LogP contribution in [0.25, 0.3) is 0 Å². The van der Waals surface area contributed by atoms with Crippen LogP contribution in [0.2, 0.25) is 0 Å². The van der Waals surface area contributed by atoms with E-state index >= 15 is 0 Å². The van der Waals surface area contributed by atoms with Gasteiger partial charge in [0.15, 0.2) is 0 Å². The van der Waals surface area contributed by atoms with Crippen molar-refractivity contribution in [1.29, 1.82) is 0 Å². The van der Waals surface area contributed by atoms with Gasteiger partial charge < -0.3 is 9.84 Å². The number of alkyl halides is 3. The number of aromatic nitrogens is 1. The van der Waals surface area contributed by atoms with Crippen LogP contribution in [0, 0.1) is 0 Å². The minimum Gasteiger partial charge on any atom is -0.386 e. The van der Waals surface area contributed by atoms with E-state index in [0.29, 0.717) is 5.56 Å². The Bertz CT molecular complexity index is 406. The van der Waals surface area contributed by atoms with Crippen molar-refractivity contribution in [3.05, 3.63) is 29.1 Å². The van der Waals surface area contributed by atoms with Crippen molar-refractivity contribution in [3.63, 3.8) is 0 Å². The first kappa shape index (κ1) is 11.3. The Morgan fingerprint density at radius 3 is 2.75 bits per heavy atom. The first-order valence-electron chi connectivity index (χ1n) is 4.77. The first-order valence-corrected chi connectivity index (χ1v) is 4.77. The summed E-state index contributed by atoms with van der Waals surface area (Å²) in [5, 5.41) is 9.53. The SMILES string of the molecule is C[C@H]1OC[C@H](O)c2ccc(C(F)(F)F)nc21. The molecule has 3 nitrogen and oxygen atoms in total. The third-order valence-electron chi connectivity index (χ3n) is 2.50. The number of fused-ring (bicyclic) bond motifs is 1. The molecule has 6 heteroatoms. The predicted molar refractivity (Wildman–Crippen MR) is 48.6 cm³/mol. The Labute approximate surface area is 89.9 Å². The van der Waals surface area contributed by atoms with E-state index < -0.39 is 24.1 Å². The van der Waals surface area contributed by atoms with Gasteiger partial charge in [0.1, 0.15) is 11.8 Å². The highest BCUT2D eigenvalue weighted by Crippen LogP contribution is 2.34. The van der Waals surface area contributed by atoms with Gasteiger partial charge in [-0.1, -0.05) is 6.07 Å². The Morgan fingerprint density at radius 1 is 1.44 bits per heavy atom. The Balaban J connectivity index is 2.48. The van der Waals surface area contributed by atoms with Crippen molar-refractivity contribution in [3.8, 4) is 0 Å². The summed E-state index contributed by atoms with van der Waals surface area (Å²) in [6.07, 6.45) is -5.90. The molecule has 1 N–H and O–H groups in total. The van der Waals surface area contributed by atoms with Crippen molar-refractivity contribution in [2.75, 3.05) is 6.61 Å². The van der Waals surface area contributed by atoms with Gasteiger partial charge in [0, 0.05) is 5.56 Å². The minimum absolute atomic E-state index is 0.0845. The topological polar surface area (TPSA) is 42.4 Å². The average molecular weight is 233 g/mol. The van der Waals surface area contributed by atoms with Crippen molar-refractivity contribution >= 4 is 0 Å². The summed E-state index contributed by atoms with van der Waals surface area (Å²) in [5.74, 6) is 0. The number of hydrogen-bond acceptors (Lipinski definition) is 3. The molecule has 0 aliphatic carbocycles. The van der Waals surface area contributed by atoms with Crippen LogP contribution >= 0.6 is 0 Å². The quantitative estimate of drug-likeness (QED) is 0.747. The molecule has 0 saturated heterocycles. The van der Waals surface area contributed by atoms with Gasteiger partial charge in [-0.15, -0.1) is 0 Å². The summed E-state index contributed by atoms with van der Waals surface area (Å²) in [7, 11) is 0. The van der Waals surface area contributed by atoms with Gasteiger partial charge in [-0.2, -0.15) is 13.2 Å². The van der Waals surface area contributed by atoms with Crippen LogP contribution in [0.15, 0.2) is 12.1 Å². The van der Waals surface area contributed by atoms with Crippen LogP contribution in [0.5, 0.6) is 0 Å². The van der Waals surface area contributed by atoms with Crippen LogP contribution in [-0.2, 0) is 10.9 Å². The molecule has 1 aromatic rings. The number of ether oxygens (including phenoxy) is 1. The molecule has 88 valence electrons. The fraction of sp³-hybridized carbons (Fsp3) is 0.500.